The molecule has 0 amide bonds. The normalized spacial score (nSPS) is 11.7. The fraction of sp³-hybridized carbons (Fsp3) is 0.316. The van der Waals surface area contributed by atoms with Gasteiger partial charge < -0.3 is 14.2 Å². The summed E-state index contributed by atoms with van der Waals surface area (Å²) in [4.78, 5) is 12.7. The van der Waals surface area contributed by atoms with E-state index >= 15 is 0 Å². The molecule has 0 heterocycles. The Bertz CT molecular complexity index is 666. The molecule has 2 atom stereocenters. The molecule has 0 aliphatic carbocycles. The third kappa shape index (κ3) is 5.78. The van der Waals surface area contributed by atoms with Gasteiger partial charge in [0.1, 0.15) is 22.8 Å². The summed E-state index contributed by atoms with van der Waals surface area (Å²) in [5, 5.41) is 0.949. The second kappa shape index (κ2) is 10.5. The van der Waals surface area contributed by atoms with Crippen LogP contribution < -0.4 is 19.5 Å². The molecule has 2 rings (SSSR count). The second-order valence-electron chi connectivity index (χ2n) is 5.35. The molecule has 0 radical (unpaired) electrons. The van der Waals surface area contributed by atoms with Crippen LogP contribution in [0.1, 0.15) is 30.6 Å². The van der Waals surface area contributed by atoms with Crippen molar-refractivity contribution in [2.75, 3.05) is 14.2 Å². The van der Waals surface area contributed by atoms with Crippen molar-refractivity contribution in [1.29, 1.82) is 0 Å². The molecule has 0 aliphatic heterocycles. The maximum absolute atomic E-state index is 12.7. The molecular weight excluding hydrogens is 330 g/mol. The van der Waals surface area contributed by atoms with E-state index in [2.05, 4.69) is 6.92 Å². The zero-order valence-corrected chi connectivity index (χ0v) is 15.5. The van der Waals surface area contributed by atoms with E-state index in [1.165, 1.54) is 0 Å². The quantitative estimate of drug-likeness (QED) is 0.539. The fourth-order valence-electron chi connectivity index (χ4n) is 2.20. The van der Waals surface area contributed by atoms with Crippen LogP contribution in [0.25, 0.3) is 0 Å². The number of hydrogen-bond acceptors (Lipinski definition) is 4. The minimum atomic E-state index is -0.0140. The molecule has 0 aliphatic rings. The zero-order valence-electron chi connectivity index (χ0n) is 14.5. The van der Waals surface area contributed by atoms with E-state index in [0.717, 1.165) is 17.5 Å². The summed E-state index contributed by atoms with van der Waals surface area (Å²) in [7, 11) is 3.10. The van der Waals surface area contributed by atoms with Gasteiger partial charge in [-0.25, -0.2) is 0 Å². The van der Waals surface area contributed by atoms with Gasteiger partial charge in [-0.15, -0.1) is 0 Å². The van der Waals surface area contributed by atoms with Crippen LogP contribution in [0.3, 0.4) is 0 Å². The van der Waals surface area contributed by atoms with Gasteiger partial charge >= 0.3 is 18.9 Å². The molecule has 130 valence electrons. The van der Waals surface area contributed by atoms with Crippen LogP contribution in [-0.4, -0.2) is 44.7 Å². The Labute approximate surface area is 163 Å². The van der Waals surface area contributed by atoms with Crippen LogP contribution in [0, 0.1) is 0 Å². The molecule has 0 spiro atoms. The summed E-state index contributed by atoms with van der Waals surface area (Å²) in [5.41, 5.74) is 0.473. The summed E-state index contributed by atoms with van der Waals surface area (Å²) in [6.45, 7) is 4.12. The molecule has 6 heteroatoms. The number of benzene rings is 2. The Balaban J connectivity index is 0.00000312. The van der Waals surface area contributed by atoms with Gasteiger partial charge in [-0.3, -0.25) is 4.79 Å². The van der Waals surface area contributed by atoms with Gasteiger partial charge in [0, 0.05) is 0 Å². The Morgan fingerprint density at radius 2 is 1.60 bits per heavy atom. The Morgan fingerprint density at radius 1 is 1.04 bits per heavy atom. The van der Waals surface area contributed by atoms with Crippen LogP contribution in [0.2, 0.25) is 0 Å². The average molecular weight is 354 g/mol. The van der Waals surface area contributed by atoms with Crippen molar-refractivity contribution in [2.45, 2.75) is 26.4 Å². The van der Waals surface area contributed by atoms with Crippen molar-refractivity contribution < 1.29 is 19.0 Å². The monoisotopic (exact) mass is 354 g/mol. The van der Waals surface area contributed by atoms with E-state index in [9.17, 15) is 4.79 Å². The van der Waals surface area contributed by atoms with Crippen LogP contribution in [0.5, 0.6) is 17.2 Å². The molecule has 2 unspecified atom stereocenters. The number of carbonyl (C=O) groups excluding carboxylic acids is 1. The molecule has 25 heavy (non-hydrogen) atoms. The first-order chi connectivity index (χ1) is 11.6. The van der Waals surface area contributed by atoms with E-state index in [4.69, 9.17) is 14.2 Å². The molecule has 2 aromatic rings. The van der Waals surface area contributed by atoms with Crippen molar-refractivity contribution in [3.05, 3.63) is 48.0 Å². The van der Waals surface area contributed by atoms with Crippen molar-refractivity contribution in [2.24, 2.45) is 0 Å². The van der Waals surface area contributed by atoms with Crippen molar-refractivity contribution in [3.63, 3.8) is 0 Å². The molecule has 0 saturated heterocycles. The summed E-state index contributed by atoms with van der Waals surface area (Å²) < 4.78 is 16.4. The summed E-state index contributed by atoms with van der Waals surface area (Å²) in [5.74, 6) is 1.88. The van der Waals surface area contributed by atoms with Gasteiger partial charge in [0.05, 0.1) is 20.3 Å². The van der Waals surface area contributed by atoms with E-state index in [1.54, 1.807) is 32.4 Å². The van der Waals surface area contributed by atoms with E-state index in [0.29, 0.717) is 17.1 Å². The third-order valence-corrected chi connectivity index (χ3v) is 4.78. The Morgan fingerprint density at radius 3 is 2.08 bits per heavy atom. The summed E-state index contributed by atoms with van der Waals surface area (Å²) >= 11 is 0. The van der Waals surface area contributed by atoms with Crippen molar-refractivity contribution >= 4 is 38.3 Å². The molecule has 0 N–H and O–H groups in total. The number of ether oxygens (including phenoxy) is 3. The standard InChI is InChI=1S/C19H23O4P.Li.H/c1-5-13(2)23-14-9-11-15(12-10-14)24-19(20)18-16(21-3)7-6-8-17(18)22-4;;/h6-13,24H,5H2,1-4H3;;. The number of methoxy groups -OCH3 is 2. The molecule has 4 nitrogen and oxygen atoms in total. The zero-order chi connectivity index (χ0) is 17.5. The van der Waals surface area contributed by atoms with Crippen LogP contribution >= 0.6 is 8.58 Å². The molecule has 0 bridgehead atoms. The predicted octanol–water partition coefficient (Wildman–Crippen LogP) is 3.38. The Kier molecular flexibility index (Phi) is 9.07. The van der Waals surface area contributed by atoms with Crippen LogP contribution in [0.4, 0.5) is 0 Å². The summed E-state index contributed by atoms with van der Waals surface area (Å²) in [6, 6.07) is 13.0. The van der Waals surface area contributed by atoms with Crippen molar-refractivity contribution in [1.82, 2.24) is 0 Å². The molecule has 0 saturated carbocycles. The predicted molar refractivity (Wildman–Crippen MR) is 106 cm³/mol. The number of rotatable bonds is 8. The van der Waals surface area contributed by atoms with Crippen LogP contribution in [0.15, 0.2) is 42.5 Å². The molecule has 0 fully saturated rings. The van der Waals surface area contributed by atoms with Crippen molar-refractivity contribution in [3.8, 4) is 17.2 Å². The number of carbonyl (C=O) groups is 1. The molecule has 2 aromatic carbocycles. The van der Waals surface area contributed by atoms with Gasteiger partial charge in [0.2, 0.25) is 0 Å². The molecular formula is C19H24LiO4P. The average Bonchev–Trinajstić information content (AvgIpc) is 2.62. The second-order valence-corrected chi connectivity index (χ2v) is 6.63. The topological polar surface area (TPSA) is 44.8 Å². The first-order valence-electron chi connectivity index (χ1n) is 7.88. The summed E-state index contributed by atoms with van der Waals surface area (Å²) in [6.07, 6.45) is 1.13. The van der Waals surface area contributed by atoms with Gasteiger partial charge in [0.25, 0.3) is 0 Å². The van der Waals surface area contributed by atoms with Gasteiger partial charge in [-0.05, 0) is 51.5 Å². The van der Waals surface area contributed by atoms with E-state index in [-0.39, 0.29) is 39.1 Å². The fourth-order valence-corrected chi connectivity index (χ4v) is 3.17. The van der Waals surface area contributed by atoms with Gasteiger partial charge in [0.15, 0.2) is 5.52 Å². The van der Waals surface area contributed by atoms with E-state index < -0.39 is 0 Å². The van der Waals surface area contributed by atoms with E-state index in [1.807, 2.05) is 31.2 Å². The van der Waals surface area contributed by atoms with Gasteiger partial charge in [-0.2, -0.15) is 0 Å². The SMILES string of the molecule is CCC(C)Oc1ccc(PC(=O)c2c(OC)cccc2OC)cc1.[LiH]. The Hall–Kier alpha value is -1.46. The third-order valence-electron chi connectivity index (χ3n) is 3.68. The van der Waals surface area contributed by atoms with Gasteiger partial charge in [-0.1, -0.05) is 25.1 Å². The first kappa shape index (κ1) is 21.6. The van der Waals surface area contributed by atoms with Crippen LogP contribution in [-0.2, 0) is 0 Å². The first-order valence-corrected chi connectivity index (χ1v) is 8.88. The molecule has 0 aromatic heterocycles. The number of hydrogen-bond donors (Lipinski definition) is 0. The minimum absolute atomic E-state index is 0. The maximum atomic E-state index is 12.7.